The molecule has 0 aliphatic rings. The Hall–Kier alpha value is -0.310. The fourth-order valence-electron chi connectivity index (χ4n) is 2.09. The minimum absolute atomic E-state index is 0. The van der Waals surface area contributed by atoms with Crippen molar-refractivity contribution < 1.29 is 32.3 Å². The molecule has 0 unspecified atom stereocenters. The molecule has 0 spiro atoms. The zero-order chi connectivity index (χ0) is 14.9. The summed E-state index contributed by atoms with van der Waals surface area (Å²) < 4.78 is 0. The zero-order valence-corrected chi connectivity index (χ0v) is 14.9. The van der Waals surface area contributed by atoms with Crippen LogP contribution in [0.4, 0.5) is 0 Å². The Labute approximate surface area is 146 Å². The van der Waals surface area contributed by atoms with Crippen molar-refractivity contribution in [1.29, 1.82) is 0 Å². The third-order valence-electron chi connectivity index (χ3n) is 3.34. The third kappa shape index (κ3) is 22.1. The van der Waals surface area contributed by atoms with Crippen molar-refractivity contribution in [2.45, 2.75) is 84.0 Å². The van der Waals surface area contributed by atoms with E-state index in [0.717, 1.165) is 25.7 Å². The van der Waals surface area contributed by atoms with Crippen molar-refractivity contribution in [2.24, 2.45) is 0 Å². The summed E-state index contributed by atoms with van der Waals surface area (Å²) in [6.07, 6.45) is 22.3. The van der Waals surface area contributed by atoms with Crippen molar-refractivity contribution in [1.82, 2.24) is 0 Å². The summed E-state index contributed by atoms with van der Waals surface area (Å²) in [7, 11) is 0. The molecule has 1 N–H and O–H groups in total. The second-order valence-corrected chi connectivity index (χ2v) is 5.37. The van der Waals surface area contributed by atoms with Gasteiger partial charge >= 0.3 is 5.97 Å². The van der Waals surface area contributed by atoms with Crippen LogP contribution in [0, 0.1) is 0 Å². The van der Waals surface area contributed by atoms with Crippen LogP contribution in [0.25, 0.3) is 0 Å². The van der Waals surface area contributed by atoms with E-state index in [1.165, 1.54) is 44.9 Å². The van der Waals surface area contributed by atoms with Crippen molar-refractivity contribution in [3.05, 3.63) is 24.3 Å². The molecular weight excluding hydrogens is 356 g/mol. The topological polar surface area (TPSA) is 37.3 Å². The number of carboxylic acids is 1. The predicted octanol–water partition coefficient (Wildman–Crippen LogP) is 5.88. The molecular formula is C18H32AgO2. The van der Waals surface area contributed by atoms with E-state index in [2.05, 4.69) is 31.2 Å². The molecule has 0 saturated carbocycles. The molecule has 21 heavy (non-hydrogen) atoms. The molecule has 0 aromatic heterocycles. The van der Waals surface area contributed by atoms with E-state index in [1.807, 2.05) is 0 Å². The predicted molar refractivity (Wildman–Crippen MR) is 87.0 cm³/mol. The Morgan fingerprint density at radius 1 is 0.810 bits per heavy atom. The van der Waals surface area contributed by atoms with Gasteiger partial charge < -0.3 is 5.11 Å². The third-order valence-corrected chi connectivity index (χ3v) is 3.34. The summed E-state index contributed by atoms with van der Waals surface area (Å²) in [6, 6.07) is 0. The smallest absolute Gasteiger partial charge is 0.303 e. The Balaban J connectivity index is 0. The van der Waals surface area contributed by atoms with E-state index in [-0.39, 0.29) is 22.4 Å². The van der Waals surface area contributed by atoms with E-state index in [1.54, 1.807) is 0 Å². The van der Waals surface area contributed by atoms with Crippen LogP contribution in [0.1, 0.15) is 84.0 Å². The van der Waals surface area contributed by atoms with Gasteiger partial charge in [-0.05, 0) is 38.5 Å². The van der Waals surface area contributed by atoms with E-state index >= 15 is 0 Å². The number of carbonyl (C=O) groups is 1. The summed E-state index contributed by atoms with van der Waals surface area (Å²) in [5.74, 6) is -0.671. The number of hydrogen-bond acceptors (Lipinski definition) is 1. The van der Waals surface area contributed by atoms with Gasteiger partial charge in [0, 0.05) is 28.8 Å². The van der Waals surface area contributed by atoms with Gasteiger partial charge in [0.25, 0.3) is 0 Å². The van der Waals surface area contributed by atoms with Gasteiger partial charge in [-0.3, -0.25) is 4.79 Å². The van der Waals surface area contributed by atoms with Crippen molar-refractivity contribution in [3.8, 4) is 0 Å². The van der Waals surface area contributed by atoms with Crippen LogP contribution >= 0.6 is 0 Å². The van der Waals surface area contributed by atoms with Gasteiger partial charge in [-0.25, -0.2) is 0 Å². The van der Waals surface area contributed by atoms with E-state index < -0.39 is 5.97 Å². The number of allylic oxidation sites excluding steroid dienone is 4. The maximum atomic E-state index is 10.3. The molecule has 0 aliphatic heterocycles. The standard InChI is InChI=1S/C18H32O2.Ag/c1-2-3-4-5-6-7-8-9-10-11-12-13-14-15-16-17-18(19)20;/h6-7,9-10H,2-5,8,11-17H2,1H3,(H,19,20);/b7-6-,10-9-;. The van der Waals surface area contributed by atoms with Gasteiger partial charge in [0.1, 0.15) is 0 Å². The summed E-state index contributed by atoms with van der Waals surface area (Å²) in [5, 5.41) is 8.50. The minimum atomic E-state index is -0.671. The Morgan fingerprint density at radius 2 is 1.33 bits per heavy atom. The first-order valence-corrected chi connectivity index (χ1v) is 8.29. The number of rotatable bonds is 14. The van der Waals surface area contributed by atoms with Crippen LogP contribution in [0.15, 0.2) is 24.3 Å². The summed E-state index contributed by atoms with van der Waals surface area (Å²) in [4.78, 5) is 10.3. The molecule has 1 radical (unpaired) electrons. The van der Waals surface area contributed by atoms with E-state index in [9.17, 15) is 4.79 Å². The van der Waals surface area contributed by atoms with Gasteiger partial charge in [-0.1, -0.05) is 63.3 Å². The van der Waals surface area contributed by atoms with Crippen molar-refractivity contribution in [3.63, 3.8) is 0 Å². The minimum Gasteiger partial charge on any atom is -0.481 e. The molecule has 0 amide bonds. The number of aliphatic carboxylic acids is 1. The maximum absolute atomic E-state index is 10.3. The molecule has 0 fully saturated rings. The monoisotopic (exact) mass is 387 g/mol. The molecule has 3 heteroatoms. The van der Waals surface area contributed by atoms with Crippen LogP contribution < -0.4 is 0 Å². The van der Waals surface area contributed by atoms with Gasteiger partial charge in [0.2, 0.25) is 0 Å². The number of hydrogen-bond donors (Lipinski definition) is 1. The van der Waals surface area contributed by atoms with Crippen LogP contribution in [0.5, 0.6) is 0 Å². The van der Waals surface area contributed by atoms with Crippen LogP contribution in [0.2, 0.25) is 0 Å². The van der Waals surface area contributed by atoms with Gasteiger partial charge in [-0.15, -0.1) is 0 Å². The second-order valence-electron chi connectivity index (χ2n) is 5.37. The zero-order valence-electron chi connectivity index (χ0n) is 13.5. The number of carboxylic acid groups (broad SMARTS) is 1. The molecule has 0 saturated heterocycles. The number of unbranched alkanes of at least 4 members (excludes halogenated alkanes) is 8. The van der Waals surface area contributed by atoms with E-state index in [4.69, 9.17) is 5.11 Å². The molecule has 0 heterocycles. The Morgan fingerprint density at radius 3 is 1.90 bits per heavy atom. The average Bonchev–Trinajstić information content (AvgIpc) is 2.43. The summed E-state index contributed by atoms with van der Waals surface area (Å²) in [6.45, 7) is 2.23. The second kappa shape index (κ2) is 19.7. The fraction of sp³-hybridized carbons (Fsp3) is 0.722. The van der Waals surface area contributed by atoms with Crippen molar-refractivity contribution >= 4 is 5.97 Å². The van der Waals surface area contributed by atoms with Crippen LogP contribution in [-0.2, 0) is 27.2 Å². The SMILES string of the molecule is CCCCC/C=C\C/C=C\CCCCCCCC(=O)O.[Ag]. The first-order valence-electron chi connectivity index (χ1n) is 8.29. The van der Waals surface area contributed by atoms with Crippen LogP contribution in [0.3, 0.4) is 0 Å². The maximum Gasteiger partial charge on any atom is 0.303 e. The Bertz CT molecular complexity index is 272. The fourth-order valence-corrected chi connectivity index (χ4v) is 2.09. The first kappa shape index (κ1) is 23.0. The van der Waals surface area contributed by atoms with Crippen molar-refractivity contribution in [2.75, 3.05) is 0 Å². The van der Waals surface area contributed by atoms with Gasteiger partial charge in [-0.2, -0.15) is 0 Å². The molecule has 0 aromatic rings. The average molecular weight is 388 g/mol. The largest absolute Gasteiger partial charge is 0.481 e. The molecule has 0 atom stereocenters. The molecule has 0 aromatic carbocycles. The Kier molecular flexibility index (Phi) is 21.5. The molecule has 0 aliphatic carbocycles. The van der Waals surface area contributed by atoms with E-state index in [0.29, 0.717) is 6.42 Å². The van der Waals surface area contributed by atoms with Gasteiger partial charge in [0.05, 0.1) is 0 Å². The van der Waals surface area contributed by atoms with Gasteiger partial charge in [0.15, 0.2) is 0 Å². The molecule has 2 nitrogen and oxygen atoms in total. The normalized spacial score (nSPS) is 11.1. The molecule has 0 bridgehead atoms. The van der Waals surface area contributed by atoms with Crippen LogP contribution in [-0.4, -0.2) is 11.1 Å². The molecule has 0 rings (SSSR count). The summed E-state index contributed by atoms with van der Waals surface area (Å²) in [5.41, 5.74) is 0. The quantitative estimate of drug-likeness (QED) is 0.229. The molecule has 127 valence electrons. The summed E-state index contributed by atoms with van der Waals surface area (Å²) >= 11 is 0. The first-order chi connectivity index (χ1) is 9.77.